The predicted octanol–water partition coefficient (Wildman–Crippen LogP) is 4.97. The molecule has 5 rings (SSSR count). The molecule has 0 radical (unpaired) electrons. The first-order valence-electron chi connectivity index (χ1n) is 11.9. The summed E-state index contributed by atoms with van der Waals surface area (Å²) < 4.78 is 56.1. The largest absolute Gasteiger partial charge is 0.355 e. The summed E-state index contributed by atoms with van der Waals surface area (Å²) in [6.45, 7) is -0.185. The number of hydrogen-bond acceptors (Lipinski definition) is 6. The predicted molar refractivity (Wildman–Crippen MR) is 139 cm³/mol. The third-order valence-corrected chi connectivity index (χ3v) is 8.81. The Morgan fingerprint density at radius 3 is 2.47 bits per heavy atom. The van der Waals surface area contributed by atoms with Crippen LogP contribution in [0.5, 0.6) is 0 Å². The fourth-order valence-corrected chi connectivity index (χ4v) is 6.57. The molecule has 10 heteroatoms. The van der Waals surface area contributed by atoms with Gasteiger partial charge in [0, 0.05) is 36.9 Å². The highest BCUT2D eigenvalue weighted by Gasteiger charge is 2.51. The van der Waals surface area contributed by atoms with Crippen molar-refractivity contribution in [2.24, 2.45) is 5.41 Å². The summed E-state index contributed by atoms with van der Waals surface area (Å²) in [6, 6.07) is 15.8. The number of pyridine rings is 1. The fraction of sp³-hybridized carbons (Fsp3) is 0.179. The van der Waals surface area contributed by atoms with Crippen LogP contribution in [0.2, 0.25) is 0 Å². The Morgan fingerprint density at radius 2 is 1.79 bits per heavy atom. The van der Waals surface area contributed by atoms with Crippen LogP contribution in [0.15, 0.2) is 101 Å². The van der Waals surface area contributed by atoms with Crippen molar-refractivity contribution in [1.29, 1.82) is 5.41 Å². The highest BCUT2D eigenvalue weighted by atomic mass is 32.2. The summed E-state index contributed by atoms with van der Waals surface area (Å²) >= 11 is 0. The zero-order valence-electron chi connectivity index (χ0n) is 20.2. The lowest BCUT2D eigenvalue weighted by molar-refractivity contribution is 0.0770. The molecule has 1 aromatic heterocycles. The molecule has 1 aliphatic heterocycles. The first-order chi connectivity index (χ1) is 18.2. The summed E-state index contributed by atoms with van der Waals surface area (Å²) in [7, 11) is -4.25. The molecule has 38 heavy (non-hydrogen) atoms. The number of piperidine rings is 1. The highest BCUT2D eigenvalue weighted by Crippen LogP contribution is 2.47. The van der Waals surface area contributed by atoms with Gasteiger partial charge in [-0.25, -0.2) is 17.2 Å². The first-order valence-corrected chi connectivity index (χ1v) is 13.4. The van der Waals surface area contributed by atoms with Crippen molar-refractivity contribution in [2.75, 3.05) is 18.4 Å². The molecule has 1 unspecified atom stereocenters. The second-order valence-electron chi connectivity index (χ2n) is 9.21. The van der Waals surface area contributed by atoms with Crippen molar-refractivity contribution < 1.29 is 22.0 Å². The van der Waals surface area contributed by atoms with Crippen LogP contribution < -0.4 is 5.32 Å². The van der Waals surface area contributed by atoms with E-state index >= 15 is 0 Å². The molecule has 0 amide bonds. The second-order valence-corrected chi connectivity index (χ2v) is 11.1. The Balaban J connectivity index is 1.58. The van der Waals surface area contributed by atoms with Crippen LogP contribution in [0, 0.1) is 22.5 Å². The maximum atomic E-state index is 14.5. The van der Waals surface area contributed by atoms with Crippen molar-refractivity contribution in [3.8, 4) is 0 Å². The number of nitrogens with one attached hydrogen (secondary N) is 2. The molecular weight excluding hydrogens is 510 g/mol. The van der Waals surface area contributed by atoms with E-state index in [0.29, 0.717) is 22.5 Å². The topological polar surface area (TPSA) is 103 Å². The zero-order chi connectivity index (χ0) is 26.9. The third kappa shape index (κ3) is 4.57. The van der Waals surface area contributed by atoms with Crippen LogP contribution in [-0.4, -0.2) is 42.8 Å². The Morgan fingerprint density at radius 1 is 1.05 bits per heavy atom. The minimum absolute atomic E-state index is 0.0323. The molecule has 194 valence electrons. The van der Waals surface area contributed by atoms with Gasteiger partial charge in [-0.05, 0) is 73.0 Å². The van der Waals surface area contributed by atoms with Crippen LogP contribution in [0.4, 0.5) is 14.5 Å². The van der Waals surface area contributed by atoms with E-state index in [4.69, 9.17) is 5.41 Å². The molecule has 0 saturated carbocycles. The summed E-state index contributed by atoms with van der Waals surface area (Å²) in [6.07, 6.45) is 4.62. The van der Waals surface area contributed by atoms with E-state index in [1.165, 1.54) is 36.5 Å². The lowest BCUT2D eigenvalue weighted by Crippen LogP contribution is -2.52. The van der Waals surface area contributed by atoms with Gasteiger partial charge in [-0.1, -0.05) is 23.8 Å². The monoisotopic (exact) mass is 534 g/mol. The van der Waals surface area contributed by atoms with Gasteiger partial charge in [-0.15, -0.1) is 0 Å². The van der Waals surface area contributed by atoms with Crippen LogP contribution in [-0.2, 0) is 10.0 Å². The minimum Gasteiger partial charge on any atom is -0.355 e. The maximum Gasteiger partial charge on any atom is 0.246 e. The van der Waals surface area contributed by atoms with E-state index in [1.807, 2.05) is 0 Å². The number of hydrogen-bond donors (Lipinski definition) is 2. The highest BCUT2D eigenvalue weighted by molar-refractivity contribution is 7.89. The summed E-state index contributed by atoms with van der Waals surface area (Å²) in [4.78, 5) is 17.8. The third-order valence-electron chi connectivity index (χ3n) is 6.93. The number of fused-ring (bicyclic) bond motifs is 1. The molecular formula is C28H24F2N4O3S. The van der Waals surface area contributed by atoms with Crippen molar-refractivity contribution in [3.63, 3.8) is 0 Å². The second kappa shape index (κ2) is 10.0. The number of allylic oxidation sites excluding steroid dienone is 2. The number of rotatable bonds is 7. The molecule has 2 heterocycles. The van der Waals surface area contributed by atoms with Gasteiger partial charge in [0.2, 0.25) is 10.0 Å². The fourth-order valence-electron chi connectivity index (χ4n) is 5.01. The van der Waals surface area contributed by atoms with Gasteiger partial charge >= 0.3 is 0 Å². The summed E-state index contributed by atoms with van der Waals surface area (Å²) in [5, 5.41) is 11.3. The van der Waals surface area contributed by atoms with Crippen molar-refractivity contribution in [2.45, 2.75) is 17.7 Å². The van der Waals surface area contributed by atoms with Gasteiger partial charge in [0.1, 0.15) is 22.2 Å². The van der Waals surface area contributed by atoms with Gasteiger partial charge in [-0.3, -0.25) is 9.78 Å². The number of carbonyl (C=O) groups is 1. The smallest absolute Gasteiger partial charge is 0.246 e. The SMILES string of the molecule is N=CC1=C(Nc2ccc(F)cc2)C=C2CCN(S(=O)(=O)c3ccccc3F)CC2(C(=O)c2ccccn2)C1. The van der Waals surface area contributed by atoms with E-state index in [2.05, 4.69) is 10.3 Å². The van der Waals surface area contributed by atoms with E-state index in [-0.39, 0.29) is 43.2 Å². The molecule has 1 atom stereocenters. The number of carbonyl (C=O) groups excluding carboxylic acids is 1. The minimum atomic E-state index is -4.25. The van der Waals surface area contributed by atoms with E-state index in [9.17, 15) is 22.0 Å². The van der Waals surface area contributed by atoms with E-state index in [1.54, 1.807) is 36.4 Å². The first kappa shape index (κ1) is 25.6. The summed E-state index contributed by atoms with van der Waals surface area (Å²) in [5.41, 5.74) is 1.14. The molecule has 0 spiro atoms. The van der Waals surface area contributed by atoms with Crippen LogP contribution in [0.1, 0.15) is 23.3 Å². The average molecular weight is 535 g/mol. The van der Waals surface area contributed by atoms with Gasteiger partial charge in [0.15, 0.2) is 5.78 Å². The van der Waals surface area contributed by atoms with Crippen molar-refractivity contribution in [1.82, 2.24) is 9.29 Å². The van der Waals surface area contributed by atoms with Gasteiger partial charge in [0.25, 0.3) is 0 Å². The number of ketones is 1. The standard InChI is InChI=1S/C28H24F2N4O3S/c29-21-8-10-22(11-9-21)33-25-15-20-12-14-34(38(36,37)26-7-2-1-5-23(26)30)18-28(20,16-19(25)17-31)27(35)24-6-3-4-13-32-24/h1-11,13,15,17,31,33H,12,14,16,18H2. The Bertz CT molecular complexity index is 1570. The van der Waals surface area contributed by atoms with Gasteiger partial charge < -0.3 is 10.7 Å². The molecule has 1 aliphatic carbocycles. The number of nitrogens with zero attached hydrogens (tertiary/aromatic N) is 2. The number of halogens is 2. The molecule has 1 fully saturated rings. The Labute approximate surface area is 219 Å². The van der Waals surface area contributed by atoms with Crippen LogP contribution in [0.25, 0.3) is 0 Å². The van der Waals surface area contributed by atoms with E-state index in [0.717, 1.165) is 16.6 Å². The number of aromatic nitrogens is 1. The Kier molecular flexibility index (Phi) is 6.77. The van der Waals surface area contributed by atoms with Gasteiger partial charge in [0.05, 0.1) is 5.41 Å². The number of sulfonamides is 1. The quantitative estimate of drug-likeness (QED) is 0.329. The lowest BCUT2D eigenvalue weighted by atomic mass is 9.65. The molecule has 0 bridgehead atoms. The van der Waals surface area contributed by atoms with Gasteiger partial charge in [-0.2, -0.15) is 4.31 Å². The molecule has 2 N–H and O–H groups in total. The average Bonchev–Trinajstić information content (AvgIpc) is 2.93. The Hall–Kier alpha value is -4.02. The van der Waals surface area contributed by atoms with Crippen LogP contribution >= 0.6 is 0 Å². The van der Waals surface area contributed by atoms with E-state index < -0.39 is 26.2 Å². The molecule has 1 saturated heterocycles. The normalized spacial score (nSPS) is 19.9. The number of Topliss-reactive ketones (excluding diaryl/α,β-unsaturated/α-hetero) is 1. The molecule has 2 aromatic carbocycles. The van der Waals surface area contributed by atoms with Crippen LogP contribution in [0.3, 0.4) is 0 Å². The maximum absolute atomic E-state index is 14.5. The molecule has 2 aliphatic rings. The lowest BCUT2D eigenvalue weighted by Gasteiger charge is -2.45. The summed E-state index contributed by atoms with van der Waals surface area (Å²) in [5.74, 6) is -1.63. The molecule has 7 nitrogen and oxygen atoms in total. The molecule has 3 aromatic rings. The number of anilines is 1. The van der Waals surface area contributed by atoms with Crippen molar-refractivity contribution in [3.05, 3.63) is 113 Å². The zero-order valence-corrected chi connectivity index (χ0v) is 21.0. The number of benzene rings is 2. The van der Waals surface area contributed by atoms with Crippen molar-refractivity contribution >= 4 is 27.7 Å².